The number of rotatable bonds is 6. The van der Waals surface area contributed by atoms with Crippen molar-refractivity contribution in [3.05, 3.63) is 15.6 Å². The van der Waals surface area contributed by atoms with Gasteiger partial charge in [-0.15, -0.1) is 11.3 Å². The number of nitrogens with zero attached hydrogens (tertiary/aromatic N) is 1. The molecule has 0 amide bonds. The van der Waals surface area contributed by atoms with E-state index in [4.69, 9.17) is 9.72 Å². The molecule has 0 radical (unpaired) electrons. The zero-order chi connectivity index (χ0) is 14.7. The molecule has 1 heterocycles. The predicted octanol–water partition coefficient (Wildman–Crippen LogP) is 3.66. The first-order valence-electron chi connectivity index (χ1n) is 8.53. The smallest absolute Gasteiger partial charge is 0.114 e. The minimum Gasteiger partial charge on any atom is -0.383 e. The molecule has 3 rings (SSSR count). The molecule has 0 aliphatic heterocycles. The molecule has 2 aliphatic carbocycles. The van der Waals surface area contributed by atoms with Crippen LogP contribution >= 0.6 is 11.3 Å². The van der Waals surface area contributed by atoms with E-state index in [1.165, 1.54) is 62.1 Å². The Hall–Kier alpha value is -0.450. The Morgan fingerprint density at radius 1 is 1.33 bits per heavy atom. The first-order chi connectivity index (χ1) is 10.3. The summed E-state index contributed by atoms with van der Waals surface area (Å²) in [5.41, 5.74) is 1.52. The topological polar surface area (TPSA) is 34.1 Å². The van der Waals surface area contributed by atoms with Gasteiger partial charge >= 0.3 is 0 Å². The molecule has 1 aromatic heterocycles. The monoisotopic (exact) mass is 308 g/mol. The normalized spacial score (nSPS) is 28.8. The maximum Gasteiger partial charge on any atom is 0.114 e. The highest BCUT2D eigenvalue weighted by Crippen LogP contribution is 2.47. The molecule has 1 fully saturated rings. The number of hydrogen-bond donors (Lipinski definition) is 1. The number of nitrogens with one attached hydrogen (secondary N) is 1. The Morgan fingerprint density at radius 2 is 2.19 bits per heavy atom. The van der Waals surface area contributed by atoms with Crippen LogP contribution in [-0.4, -0.2) is 25.2 Å². The van der Waals surface area contributed by atoms with E-state index in [1.807, 2.05) is 11.3 Å². The second-order valence-corrected chi connectivity index (χ2v) is 7.57. The minimum atomic E-state index is 0.120. The summed E-state index contributed by atoms with van der Waals surface area (Å²) in [6, 6.07) is 0. The second-order valence-electron chi connectivity index (χ2n) is 6.48. The highest BCUT2D eigenvalue weighted by Gasteiger charge is 2.45. The Morgan fingerprint density at radius 3 is 2.95 bits per heavy atom. The van der Waals surface area contributed by atoms with Gasteiger partial charge < -0.3 is 10.1 Å². The van der Waals surface area contributed by atoms with Crippen LogP contribution in [0.2, 0.25) is 0 Å². The SMILES string of the molecule is CCC1CCCC1(NCCOC)c1nc2c(s1)CCCC2. The van der Waals surface area contributed by atoms with E-state index in [-0.39, 0.29) is 5.54 Å². The Bertz CT molecular complexity index is 450. The van der Waals surface area contributed by atoms with Gasteiger partial charge in [-0.05, 0) is 44.4 Å². The fourth-order valence-electron chi connectivity index (χ4n) is 4.14. The van der Waals surface area contributed by atoms with Crippen molar-refractivity contribution in [2.75, 3.05) is 20.3 Å². The maximum absolute atomic E-state index is 5.25. The van der Waals surface area contributed by atoms with Gasteiger partial charge in [-0.25, -0.2) is 4.98 Å². The van der Waals surface area contributed by atoms with Crippen LogP contribution < -0.4 is 5.32 Å². The van der Waals surface area contributed by atoms with Crippen LogP contribution in [0, 0.1) is 5.92 Å². The van der Waals surface area contributed by atoms with Gasteiger partial charge in [0.05, 0.1) is 17.8 Å². The molecule has 0 spiro atoms. The fraction of sp³-hybridized carbons (Fsp3) is 0.824. The van der Waals surface area contributed by atoms with Crippen LogP contribution in [0.5, 0.6) is 0 Å². The number of fused-ring (bicyclic) bond motifs is 1. The molecule has 1 saturated carbocycles. The zero-order valence-corrected chi connectivity index (χ0v) is 14.2. The molecule has 4 heteroatoms. The third kappa shape index (κ3) is 2.90. The summed E-state index contributed by atoms with van der Waals surface area (Å²) in [4.78, 5) is 6.66. The van der Waals surface area contributed by atoms with Gasteiger partial charge in [-0.2, -0.15) is 0 Å². The number of aryl methyl sites for hydroxylation is 2. The van der Waals surface area contributed by atoms with Gasteiger partial charge in [0.2, 0.25) is 0 Å². The molecule has 0 aromatic carbocycles. The van der Waals surface area contributed by atoms with Crippen LogP contribution in [0.1, 0.15) is 61.0 Å². The highest BCUT2D eigenvalue weighted by atomic mass is 32.1. The minimum absolute atomic E-state index is 0.120. The summed E-state index contributed by atoms with van der Waals surface area (Å²) < 4.78 is 5.25. The standard InChI is InChI=1S/C17H28N2OS/c1-3-13-7-6-10-17(13,18-11-12-20-2)16-19-14-8-4-5-9-15(14)21-16/h13,18H,3-12H2,1-2H3. The largest absolute Gasteiger partial charge is 0.383 e. The van der Waals surface area contributed by atoms with Crippen molar-refractivity contribution in [3.8, 4) is 0 Å². The van der Waals surface area contributed by atoms with E-state index < -0.39 is 0 Å². The molecule has 118 valence electrons. The first-order valence-corrected chi connectivity index (χ1v) is 9.35. The lowest BCUT2D eigenvalue weighted by atomic mass is 9.85. The molecule has 2 aliphatic rings. The third-order valence-corrected chi connectivity index (χ3v) is 6.62. The summed E-state index contributed by atoms with van der Waals surface area (Å²) in [5.74, 6) is 0.724. The lowest BCUT2D eigenvalue weighted by Gasteiger charge is -2.34. The lowest BCUT2D eigenvalue weighted by molar-refractivity contribution is 0.167. The van der Waals surface area contributed by atoms with Gasteiger partial charge in [-0.1, -0.05) is 19.8 Å². The molecule has 2 atom stereocenters. The molecule has 0 bridgehead atoms. The first kappa shape index (κ1) is 15.4. The highest BCUT2D eigenvalue weighted by molar-refractivity contribution is 7.11. The third-order valence-electron chi connectivity index (χ3n) is 5.29. The van der Waals surface area contributed by atoms with E-state index in [0.717, 1.165) is 19.1 Å². The van der Waals surface area contributed by atoms with Crippen LogP contribution in [0.3, 0.4) is 0 Å². The van der Waals surface area contributed by atoms with Crippen molar-refractivity contribution < 1.29 is 4.74 Å². The molecule has 21 heavy (non-hydrogen) atoms. The van der Waals surface area contributed by atoms with Gasteiger partial charge in [0, 0.05) is 18.5 Å². The molecule has 1 aromatic rings. The summed E-state index contributed by atoms with van der Waals surface area (Å²) >= 11 is 1.99. The number of aromatic nitrogens is 1. The van der Waals surface area contributed by atoms with Gasteiger partial charge in [0.25, 0.3) is 0 Å². The quantitative estimate of drug-likeness (QED) is 0.814. The Kier molecular flexibility index (Phi) is 4.97. The summed E-state index contributed by atoms with van der Waals surface area (Å²) in [5, 5.41) is 5.22. The van der Waals surface area contributed by atoms with Gasteiger partial charge in [0.15, 0.2) is 0 Å². The van der Waals surface area contributed by atoms with Crippen molar-refractivity contribution in [2.24, 2.45) is 5.92 Å². The Balaban J connectivity index is 1.89. The average Bonchev–Trinajstić information content (AvgIpc) is 3.11. The summed E-state index contributed by atoms with van der Waals surface area (Å²) in [6.07, 6.45) is 10.2. The van der Waals surface area contributed by atoms with Gasteiger partial charge in [0.1, 0.15) is 5.01 Å². The van der Waals surface area contributed by atoms with Crippen LogP contribution in [0.4, 0.5) is 0 Å². The van der Waals surface area contributed by atoms with Crippen molar-refractivity contribution in [2.45, 2.75) is 63.8 Å². The molecule has 1 N–H and O–H groups in total. The number of ether oxygens (including phenoxy) is 1. The van der Waals surface area contributed by atoms with Crippen LogP contribution in [-0.2, 0) is 23.1 Å². The predicted molar refractivity (Wildman–Crippen MR) is 87.9 cm³/mol. The Labute approximate surface area is 132 Å². The van der Waals surface area contributed by atoms with Crippen molar-refractivity contribution in [1.82, 2.24) is 10.3 Å². The van der Waals surface area contributed by atoms with Crippen LogP contribution in [0.25, 0.3) is 0 Å². The van der Waals surface area contributed by atoms with E-state index in [2.05, 4.69) is 12.2 Å². The molecular formula is C17H28N2OS. The zero-order valence-electron chi connectivity index (χ0n) is 13.4. The van der Waals surface area contributed by atoms with E-state index in [1.54, 1.807) is 12.0 Å². The lowest BCUT2D eigenvalue weighted by Crippen LogP contribution is -2.46. The molecule has 3 nitrogen and oxygen atoms in total. The molecular weight excluding hydrogens is 280 g/mol. The van der Waals surface area contributed by atoms with E-state index >= 15 is 0 Å². The number of hydrogen-bond acceptors (Lipinski definition) is 4. The molecule has 2 unspecified atom stereocenters. The summed E-state index contributed by atoms with van der Waals surface area (Å²) in [6.45, 7) is 4.04. The van der Waals surface area contributed by atoms with Gasteiger partial charge in [-0.3, -0.25) is 0 Å². The van der Waals surface area contributed by atoms with Crippen LogP contribution in [0.15, 0.2) is 0 Å². The maximum atomic E-state index is 5.25. The van der Waals surface area contributed by atoms with Crippen molar-refractivity contribution in [3.63, 3.8) is 0 Å². The molecule has 0 saturated heterocycles. The average molecular weight is 308 g/mol. The summed E-state index contributed by atoms with van der Waals surface area (Å²) in [7, 11) is 1.78. The van der Waals surface area contributed by atoms with Crippen molar-refractivity contribution in [1.29, 1.82) is 0 Å². The van der Waals surface area contributed by atoms with Crippen molar-refractivity contribution >= 4 is 11.3 Å². The second kappa shape index (κ2) is 6.76. The number of methoxy groups -OCH3 is 1. The van der Waals surface area contributed by atoms with E-state index in [9.17, 15) is 0 Å². The fourth-order valence-corrected chi connectivity index (χ4v) is 5.56. The number of thiazole rings is 1. The van der Waals surface area contributed by atoms with E-state index in [0.29, 0.717) is 0 Å².